The van der Waals surface area contributed by atoms with E-state index in [1.165, 1.54) is 0 Å². The number of nitrogens with zero attached hydrogens (tertiary/aromatic N) is 1. The second-order valence-electron chi connectivity index (χ2n) is 3.67. The molecule has 0 saturated carbocycles. The Morgan fingerprint density at radius 3 is 2.82 bits per heavy atom. The molecule has 2 rings (SSSR count). The Balaban J connectivity index is 2.41. The van der Waals surface area contributed by atoms with Crippen LogP contribution in [0.15, 0.2) is 35.1 Å². The molecular weight excluding hydrogens is 302 g/mol. The Bertz CT molecular complexity index is 537. The van der Waals surface area contributed by atoms with Gasteiger partial charge in [-0.3, -0.25) is 4.98 Å². The molecule has 1 aromatic heterocycles. The molecule has 1 aromatic carbocycles. The van der Waals surface area contributed by atoms with Crippen molar-refractivity contribution in [2.75, 3.05) is 11.1 Å². The first-order valence-electron chi connectivity index (χ1n) is 5.00. The molecule has 88 valence electrons. The van der Waals surface area contributed by atoms with E-state index < -0.39 is 0 Å². The minimum atomic E-state index is 0.582. The molecule has 0 saturated heterocycles. The normalized spacial score (nSPS) is 10.3. The Kier molecular flexibility index (Phi) is 3.54. The predicted octanol–water partition coefficient (Wildman–Crippen LogP) is 4.13. The molecule has 3 nitrogen and oxygen atoms in total. The van der Waals surface area contributed by atoms with Crippen LogP contribution in [0.4, 0.5) is 17.1 Å². The van der Waals surface area contributed by atoms with Gasteiger partial charge >= 0.3 is 0 Å². The van der Waals surface area contributed by atoms with Crippen LogP contribution in [-0.4, -0.2) is 4.98 Å². The van der Waals surface area contributed by atoms with Crippen molar-refractivity contribution in [2.45, 2.75) is 6.92 Å². The minimum Gasteiger partial charge on any atom is -0.396 e. The molecule has 0 fully saturated rings. The van der Waals surface area contributed by atoms with Crippen molar-refractivity contribution in [1.29, 1.82) is 0 Å². The smallest absolute Gasteiger partial charge is 0.0794 e. The van der Waals surface area contributed by atoms with Crippen LogP contribution in [0.1, 0.15) is 5.56 Å². The van der Waals surface area contributed by atoms with E-state index in [1.807, 2.05) is 25.1 Å². The SMILES string of the molecule is Cc1ccc(Cl)cc1Nc1c(N)cncc1Br. The van der Waals surface area contributed by atoms with E-state index in [9.17, 15) is 0 Å². The first-order valence-corrected chi connectivity index (χ1v) is 6.17. The van der Waals surface area contributed by atoms with Gasteiger partial charge in [0.15, 0.2) is 0 Å². The summed E-state index contributed by atoms with van der Waals surface area (Å²) >= 11 is 9.38. The van der Waals surface area contributed by atoms with Gasteiger partial charge in [0, 0.05) is 16.9 Å². The molecule has 0 amide bonds. The average molecular weight is 313 g/mol. The highest BCUT2D eigenvalue weighted by Gasteiger charge is 2.07. The second-order valence-corrected chi connectivity index (χ2v) is 4.96. The van der Waals surface area contributed by atoms with Gasteiger partial charge in [-0.15, -0.1) is 0 Å². The maximum atomic E-state index is 5.97. The number of nitrogens with one attached hydrogen (secondary N) is 1. The molecule has 17 heavy (non-hydrogen) atoms. The number of nitrogen functional groups attached to an aromatic ring is 1. The van der Waals surface area contributed by atoms with Gasteiger partial charge in [-0.05, 0) is 40.5 Å². The van der Waals surface area contributed by atoms with Gasteiger partial charge in [0.1, 0.15) is 0 Å². The van der Waals surface area contributed by atoms with Crippen molar-refractivity contribution in [3.8, 4) is 0 Å². The standard InChI is InChI=1S/C12H11BrClN3/c1-7-2-3-8(14)4-11(7)17-12-9(13)5-16-6-10(12)15/h2-6H,15H2,1H3,(H,16,17). The van der Waals surface area contributed by atoms with Gasteiger partial charge < -0.3 is 11.1 Å². The molecular formula is C12H11BrClN3. The van der Waals surface area contributed by atoms with Gasteiger partial charge in [0.2, 0.25) is 0 Å². The van der Waals surface area contributed by atoms with E-state index in [4.69, 9.17) is 17.3 Å². The number of benzene rings is 1. The first-order chi connectivity index (χ1) is 8.08. The molecule has 0 aliphatic heterocycles. The van der Waals surface area contributed by atoms with Crippen LogP contribution in [0.3, 0.4) is 0 Å². The van der Waals surface area contributed by atoms with Crippen LogP contribution < -0.4 is 11.1 Å². The lowest BCUT2D eigenvalue weighted by molar-refractivity contribution is 1.30. The van der Waals surface area contributed by atoms with Gasteiger partial charge in [0.05, 0.1) is 22.0 Å². The van der Waals surface area contributed by atoms with Crippen molar-refractivity contribution in [3.63, 3.8) is 0 Å². The Morgan fingerprint density at radius 1 is 1.35 bits per heavy atom. The van der Waals surface area contributed by atoms with Crippen LogP contribution in [0.25, 0.3) is 0 Å². The monoisotopic (exact) mass is 311 g/mol. The molecule has 0 radical (unpaired) electrons. The van der Waals surface area contributed by atoms with E-state index in [0.717, 1.165) is 21.4 Å². The van der Waals surface area contributed by atoms with Crippen molar-refractivity contribution < 1.29 is 0 Å². The van der Waals surface area contributed by atoms with Crippen LogP contribution in [0.5, 0.6) is 0 Å². The highest BCUT2D eigenvalue weighted by molar-refractivity contribution is 9.10. The van der Waals surface area contributed by atoms with Crippen LogP contribution in [0, 0.1) is 6.92 Å². The maximum absolute atomic E-state index is 5.97. The van der Waals surface area contributed by atoms with Gasteiger partial charge in [-0.1, -0.05) is 17.7 Å². The molecule has 1 heterocycles. The van der Waals surface area contributed by atoms with E-state index >= 15 is 0 Å². The number of aryl methyl sites for hydroxylation is 1. The highest BCUT2D eigenvalue weighted by Crippen LogP contribution is 2.32. The minimum absolute atomic E-state index is 0.582. The number of nitrogens with two attached hydrogens (primary N) is 1. The van der Waals surface area contributed by atoms with Crippen molar-refractivity contribution >= 4 is 44.6 Å². The van der Waals surface area contributed by atoms with Crippen molar-refractivity contribution in [1.82, 2.24) is 4.98 Å². The number of anilines is 3. The Labute approximate surface area is 113 Å². The third kappa shape index (κ3) is 2.70. The number of pyridine rings is 1. The summed E-state index contributed by atoms with van der Waals surface area (Å²) in [6, 6.07) is 5.67. The summed E-state index contributed by atoms with van der Waals surface area (Å²) in [5.41, 5.74) is 9.27. The van der Waals surface area contributed by atoms with Crippen molar-refractivity contribution in [3.05, 3.63) is 45.7 Å². The summed E-state index contributed by atoms with van der Waals surface area (Å²) in [5, 5.41) is 3.94. The lowest BCUT2D eigenvalue weighted by Crippen LogP contribution is -1.99. The van der Waals surface area contributed by atoms with Crippen LogP contribution >= 0.6 is 27.5 Å². The zero-order valence-corrected chi connectivity index (χ0v) is 11.5. The average Bonchev–Trinajstić information content (AvgIpc) is 2.28. The molecule has 5 heteroatoms. The number of aromatic nitrogens is 1. The lowest BCUT2D eigenvalue weighted by Gasteiger charge is -2.13. The molecule has 3 N–H and O–H groups in total. The number of hydrogen-bond donors (Lipinski definition) is 2. The van der Waals surface area contributed by atoms with E-state index in [1.54, 1.807) is 12.4 Å². The molecule has 0 unspecified atom stereocenters. The fourth-order valence-corrected chi connectivity index (χ4v) is 2.06. The number of hydrogen-bond acceptors (Lipinski definition) is 3. The molecule has 0 aliphatic carbocycles. The molecule has 0 bridgehead atoms. The maximum Gasteiger partial charge on any atom is 0.0794 e. The van der Waals surface area contributed by atoms with Gasteiger partial charge in [0.25, 0.3) is 0 Å². The molecule has 2 aromatic rings. The van der Waals surface area contributed by atoms with Crippen molar-refractivity contribution in [2.24, 2.45) is 0 Å². The van der Waals surface area contributed by atoms with Crippen LogP contribution in [0.2, 0.25) is 5.02 Å². The summed E-state index contributed by atoms with van der Waals surface area (Å²) in [4.78, 5) is 3.99. The number of halogens is 2. The first kappa shape index (κ1) is 12.2. The van der Waals surface area contributed by atoms with E-state index in [-0.39, 0.29) is 0 Å². The van der Waals surface area contributed by atoms with E-state index in [0.29, 0.717) is 10.7 Å². The largest absolute Gasteiger partial charge is 0.396 e. The summed E-state index contributed by atoms with van der Waals surface area (Å²) in [7, 11) is 0. The molecule has 0 atom stereocenters. The quantitative estimate of drug-likeness (QED) is 0.876. The molecule has 0 spiro atoms. The van der Waals surface area contributed by atoms with Gasteiger partial charge in [-0.25, -0.2) is 0 Å². The summed E-state index contributed by atoms with van der Waals surface area (Å²) in [5.74, 6) is 0. The molecule has 0 aliphatic rings. The number of rotatable bonds is 2. The predicted molar refractivity (Wildman–Crippen MR) is 75.8 cm³/mol. The summed E-state index contributed by atoms with van der Waals surface area (Å²) in [6.07, 6.45) is 3.30. The third-order valence-electron chi connectivity index (χ3n) is 2.39. The van der Waals surface area contributed by atoms with Crippen LogP contribution in [-0.2, 0) is 0 Å². The zero-order chi connectivity index (χ0) is 12.4. The van der Waals surface area contributed by atoms with Gasteiger partial charge in [-0.2, -0.15) is 0 Å². The topological polar surface area (TPSA) is 50.9 Å². The fraction of sp³-hybridized carbons (Fsp3) is 0.0833. The Morgan fingerprint density at radius 2 is 2.12 bits per heavy atom. The fourth-order valence-electron chi connectivity index (χ4n) is 1.45. The van der Waals surface area contributed by atoms with E-state index in [2.05, 4.69) is 26.2 Å². The summed E-state index contributed by atoms with van der Waals surface area (Å²) < 4.78 is 0.817. The highest BCUT2D eigenvalue weighted by atomic mass is 79.9. The third-order valence-corrected chi connectivity index (χ3v) is 3.22. The lowest BCUT2D eigenvalue weighted by atomic mass is 10.2. The Hall–Kier alpha value is -1.26. The zero-order valence-electron chi connectivity index (χ0n) is 9.17. The summed E-state index contributed by atoms with van der Waals surface area (Å²) in [6.45, 7) is 2.00. The second kappa shape index (κ2) is 4.94.